The number of nitro benzene ring substituents is 1. The molecule has 0 amide bonds. The van der Waals surface area contributed by atoms with Crippen LogP contribution in [0.25, 0.3) is 5.57 Å². The largest absolute Gasteiger partial charge is 0.309 e. The van der Waals surface area contributed by atoms with Gasteiger partial charge in [-0.3, -0.25) is 10.1 Å². The third-order valence-corrected chi connectivity index (χ3v) is 2.87. The average molecular weight is 285 g/mol. The van der Waals surface area contributed by atoms with Crippen molar-refractivity contribution < 1.29 is 4.92 Å². The minimum atomic E-state index is -0.354. The average Bonchev–Trinajstić information content (AvgIpc) is 2.29. The first kappa shape index (κ1) is 17.6. The Morgan fingerprint density at radius 1 is 1.47 bits per heavy atom. The molecule has 0 saturated carbocycles. The maximum atomic E-state index is 10.8. The van der Waals surface area contributed by atoms with Crippen molar-refractivity contribution in [3.8, 4) is 0 Å². The number of allylic oxidation sites excluding steroid dienone is 1. The van der Waals surface area contributed by atoms with Crippen molar-refractivity contribution in [2.24, 2.45) is 5.92 Å². The predicted molar refractivity (Wildman–Crippen MR) is 81.7 cm³/mol. The van der Waals surface area contributed by atoms with Crippen molar-refractivity contribution in [1.82, 2.24) is 4.90 Å². The first-order valence-electron chi connectivity index (χ1n) is 6.01. The van der Waals surface area contributed by atoms with Crippen molar-refractivity contribution in [3.63, 3.8) is 0 Å². The number of benzene rings is 1. The van der Waals surface area contributed by atoms with E-state index in [0.717, 1.165) is 17.7 Å². The molecule has 0 radical (unpaired) electrons. The van der Waals surface area contributed by atoms with E-state index in [9.17, 15) is 10.1 Å². The fourth-order valence-electron chi connectivity index (χ4n) is 2.18. The SMILES string of the molecule is CC=C(c1cccc([N+](=O)[O-])c1)[C@@H](C)CN(C)C.Cl. The van der Waals surface area contributed by atoms with Crippen molar-refractivity contribution in [1.29, 1.82) is 0 Å². The van der Waals surface area contributed by atoms with Crippen LogP contribution in [0.1, 0.15) is 19.4 Å². The Bertz CT molecular complexity index is 459. The summed E-state index contributed by atoms with van der Waals surface area (Å²) in [6, 6.07) is 6.82. The van der Waals surface area contributed by atoms with Gasteiger partial charge in [0.05, 0.1) is 4.92 Å². The van der Waals surface area contributed by atoms with E-state index in [0.29, 0.717) is 5.92 Å². The van der Waals surface area contributed by atoms with Crippen LogP contribution >= 0.6 is 12.4 Å². The van der Waals surface area contributed by atoms with Crippen LogP contribution in [0, 0.1) is 16.0 Å². The Morgan fingerprint density at radius 2 is 2.11 bits per heavy atom. The van der Waals surface area contributed by atoms with Crippen LogP contribution in [-0.4, -0.2) is 30.5 Å². The summed E-state index contributed by atoms with van der Waals surface area (Å²) >= 11 is 0. The van der Waals surface area contributed by atoms with Gasteiger partial charge in [-0.25, -0.2) is 0 Å². The number of hydrogen-bond donors (Lipinski definition) is 0. The second-order valence-electron chi connectivity index (χ2n) is 4.71. The van der Waals surface area contributed by atoms with E-state index >= 15 is 0 Å². The van der Waals surface area contributed by atoms with Gasteiger partial charge in [0, 0.05) is 18.7 Å². The molecule has 0 aromatic heterocycles. The zero-order chi connectivity index (χ0) is 13.7. The Hall–Kier alpha value is -1.39. The van der Waals surface area contributed by atoms with Gasteiger partial charge < -0.3 is 4.90 Å². The summed E-state index contributed by atoms with van der Waals surface area (Å²) < 4.78 is 0. The van der Waals surface area contributed by atoms with Gasteiger partial charge in [-0.15, -0.1) is 12.4 Å². The Morgan fingerprint density at radius 3 is 2.58 bits per heavy atom. The minimum Gasteiger partial charge on any atom is -0.309 e. The Labute approximate surface area is 120 Å². The molecule has 1 atom stereocenters. The van der Waals surface area contributed by atoms with Gasteiger partial charge in [-0.2, -0.15) is 0 Å². The number of non-ortho nitro benzene ring substituents is 1. The van der Waals surface area contributed by atoms with E-state index in [4.69, 9.17) is 0 Å². The smallest absolute Gasteiger partial charge is 0.270 e. The van der Waals surface area contributed by atoms with E-state index in [-0.39, 0.29) is 23.0 Å². The zero-order valence-corrected chi connectivity index (χ0v) is 12.6. The van der Waals surface area contributed by atoms with Crippen molar-refractivity contribution in [2.75, 3.05) is 20.6 Å². The molecule has 1 aromatic carbocycles. The molecule has 4 nitrogen and oxygen atoms in total. The molecule has 5 heteroatoms. The first-order valence-corrected chi connectivity index (χ1v) is 6.01. The number of halogens is 1. The van der Waals surface area contributed by atoms with Gasteiger partial charge in [0.25, 0.3) is 5.69 Å². The molecule has 0 aliphatic rings. The standard InChI is InChI=1S/C14H20N2O2.ClH/c1-5-14(11(2)10-15(3)4)12-7-6-8-13(9-12)16(17)18;/h5-9,11H,10H2,1-4H3;1H/t11-;/m0./s1. The van der Waals surface area contributed by atoms with Gasteiger partial charge in [0.1, 0.15) is 0 Å². The third-order valence-electron chi connectivity index (χ3n) is 2.87. The summed E-state index contributed by atoms with van der Waals surface area (Å²) in [5.41, 5.74) is 2.22. The molecule has 0 heterocycles. The minimum absolute atomic E-state index is 0. The van der Waals surface area contributed by atoms with Gasteiger partial charge in [0.15, 0.2) is 0 Å². The maximum Gasteiger partial charge on any atom is 0.270 e. The van der Waals surface area contributed by atoms with Crippen LogP contribution < -0.4 is 0 Å². The first-order chi connectivity index (χ1) is 8.45. The lowest BCUT2D eigenvalue weighted by Gasteiger charge is -2.20. The number of nitro groups is 1. The zero-order valence-electron chi connectivity index (χ0n) is 11.8. The lowest BCUT2D eigenvalue weighted by atomic mass is 9.93. The molecule has 0 bridgehead atoms. The van der Waals surface area contributed by atoms with Crippen LogP contribution in [0.5, 0.6) is 0 Å². The molecule has 0 aliphatic heterocycles. The van der Waals surface area contributed by atoms with Crippen LogP contribution in [0.2, 0.25) is 0 Å². The fraction of sp³-hybridized carbons (Fsp3) is 0.429. The summed E-state index contributed by atoms with van der Waals surface area (Å²) in [4.78, 5) is 12.6. The molecule has 19 heavy (non-hydrogen) atoms. The van der Waals surface area contributed by atoms with E-state index in [2.05, 4.69) is 11.8 Å². The molecular weight excluding hydrogens is 264 g/mol. The molecule has 1 rings (SSSR count). The number of nitrogens with zero attached hydrogens (tertiary/aromatic N) is 2. The van der Waals surface area contributed by atoms with Gasteiger partial charge in [-0.05, 0) is 38.1 Å². The maximum absolute atomic E-state index is 10.8. The fourth-order valence-corrected chi connectivity index (χ4v) is 2.18. The lowest BCUT2D eigenvalue weighted by Crippen LogP contribution is -2.20. The molecule has 106 valence electrons. The van der Waals surface area contributed by atoms with Crippen LogP contribution in [0.15, 0.2) is 30.3 Å². The van der Waals surface area contributed by atoms with Crippen molar-refractivity contribution >= 4 is 23.7 Å². The second-order valence-corrected chi connectivity index (χ2v) is 4.71. The van der Waals surface area contributed by atoms with E-state index in [1.54, 1.807) is 12.1 Å². The highest BCUT2D eigenvalue weighted by Crippen LogP contribution is 2.26. The lowest BCUT2D eigenvalue weighted by molar-refractivity contribution is -0.384. The summed E-state index contributed by atoms with van der Waals surface area (Å²) in [6.07, 6.45) is 2.03. The molecule has 0 aliphatic carbocycles. The quantitative estimate of drug-likeness (QED) is 0.613. The predicted octanol–water partition coefficient (Wildman–Crippen LogP) is 3.62. The third kappa shape index (κ3) is 5.01. The highest BCUT2D eigenvalue weighted by molar-refractivity contribution is 5.85. The van der Waals surface area contributed by atoms with Crippen LogP contribution in [0.4, 0.5) is 5.69 Å². The summed E-state index contributed by atoms with van der Waals surface area (Å²) in [5, 5.41) is 10.8. The van der Waals surface area contributed by atoms with Crippen LogP contribution in [0.3, 0.4) is 0 Å². The topological polar surface area (TPSA) is 46.4 Å². The second kappa shape index (κ2) is 7.92. The molecule has 0 saturated heterocycles. The molecule has 0 spiro atoms. The molecule has 0 fully saturated rings. The monoisotopic (exact) mass is 284 g/mol. The van der Waals surface area contributed by atoms with E-state index in [1.165, 1.54) is 6.07 Å². The van der Waals surface area contributed by atoms with Gasteiger partial charge in [-0.1, -0.05) is 25.1 Å². The highest BCUT2D eigenvalue weighted by Gasteiger charge is 2.14. The molecule has 0 unspecified atom stereocenters. The van der Waals surface area contributed by atoms with Gasteiger partial charge >= 0.3 is 0 Å². The summed E-state index contributed by atoms with van der Waals surface area (Å²) in [5.74, 6) is 0.340. The Kier molecular flexibility index (Phi) is 7.34. The van der Waals surface area contributed by atoms with E-state index in [1.807, 2.05) is 33.2 Å². The Balaban J connectivity index is 0.00000324. The van der Waals surface area contributed by atoms with Crippen molar-refractivity contribution in [2.45, 2.75) is 13.8 Å². The van der Waals surface area contributed by atoms with Gasteiger partial charge in [0.2, 0.25) is 0 Å². The molecule has 0 N–H and O–H groups in total. The van der Waals surface area contributed by atoms with Crippen LogP contribution in [-0.2, 0) is 0 Å². The number of rotatable bonds is 5. The normalized spacial score (nSPS) is 13.0. The molecular formula is C14H21ClN2O2. The number of hydrogen-bond acceptors (Lipinski definition) is 3. The summed E-state index contributed by atoms with van der Waals surface area (Å²) in [6.45, 7) is 5.02. The van der Waals surface area contributed by atoms with E-state index < -0.39 is 0 Å². The molecule has 1 aromatic rings. The highest BCUT2D eigenvalue weighted by atomic mass is 35.5. The van der Waals surface area contributed by atoms with Crippen molar-refractivity contribution in [3.05, 3.63) is 46.0 Å². The summed E-state index contributed by atoms with van der Waals surface area (Å²) in [7, 11) is 4.05.